The van der Waals surface area contributed by atoms with Crippen molar-refractivity contribution >= 4 is 11.6 Å². The number of nitrogens with zero attached hydrogens (tertiary/aromatic N) is 2. The highest BCUT2D eigenvalue weighted by molar-refractivity contribution is 5.92. The Balaban J connectivity index is 1.38. The summed E-state index contributed by atoms with van der Waals surface area (Å²) in [7, 11) is 0. The fourth-order valence-electron chi connectivity index (χ4n) is 3.02. The largest absolute Gasteiger partial charge is 0.493 e. The minimum Gasteiger partial charge on any atom is -0.493 e. The summed E-state index contributed by atoms with van der Waals surface area (Å²) in [5.41, 5.74) is 3.00. The molecule has 1 N–H and O–H groups in total. The molecule has 0 saturated heterocycles. The molecule has 0 radical (unpaired) electrons. The number of unbranched alkanes of at least 4 members (excludes halogenated alkanes) is 1. The summed E-state index contributed by atoms with van der Waals surface area (Å²) in [6, 6.07) is 13.7. The molecule has 0 aliphatic rings. The third-order valence-corrected chi connectivity index (χ3v) is 4.73. The lowest BCUT2D eigenvalue weighted by Gasteiger charge is -2.13. The maximum atomic E-state index is 12.3. The number of amides is 1. The van der Waals surface area contributed by atoms with Gasteiger partial charge in [-0.1, -0.05) is 24.3 Å². The van der Waals surface area contributed by atoms with Gasteiger partial charge in [0, 0.05) is 18.8 Å². The van der Waals surface area contributed by atoms with Crippen molar-refractivity contribution in [2.45, 2.75) is 39.7 Å². The molecule has 158 valence electrons. The Hall–Kier alpha value is -3.28. The molecule has 0 unspecified atom stereocenters. The summed E-state index contributed by atoms with van der Waals surface area (Å²) < 4.78 is 13.6. The Morgan fingerprint density at radius 2 is 1.87 bits per heavy atom. The third-order valence-electron chi connectivity index (χ3n) is 4.73. The normalized spacial score (nSPS) is 10.6. The van der Waals surface area contributed by atoms with Crippen LogP contribution < -0.4 is 14.8 Å². The quantitative estimate of drug-likeness (QED) is 0.465. The molecule has 1 aromatic heterocycles. The summed E-state index contributed by atoms with van der Waals surface area (Å²) in [4.78, 5) is 16.4. The van der Waals surface area contributed by atoms with E-state index in [0.717, 1.165) is 24.2 Å². The smallest absolute Gasteiger partial charge is 0.224 e. The van der Waals surface area contributed by atoms with Crippen LogP contribution in [0.2, 0.25) is 0 Å². The van der Waals surface area contributed by atoms with Crippen LogP contribution in [-0.4, -0.2) is 28.7 Å². The van der Waals surface area contributed by atoms with E-state index in [9.17, 15) is 4.79 Å². The van der Waals surface area contributed by atoms with Crippen molar-refractivity contribution in [2.75, 3.05) is 18.5 Å². The number of imidazole rings is 1. The van der Waals surface area contributed by atoms with Crippen molar-refractivity contribution < 1.29 is 14.3 Å². The molecule has 1 heterocycles. The number of aryl methyl sites for hydroxylation is 2. The van der Waals surface area contributed by atoms with Gasteiger partial charge in [0.1, 0.15) is 18.1 Å². The van der Waals surface area contributed by atoms with E-state index in [1.54, 1.807) is 12.5 Å². The van der Waals surface area contributed by atoms with E-state index in [2.05, 4.69) is 29.4 Å². The molecule has 3 rings (SSSR count). The first-order valence-electron chi connectivity index (χ1n) is 10.3. The molecule has 0 aliphatic carbocycles. The number of aromatic nitrogens is 2. The van der Waals surface area contributed by atoms with Gasteiger partial charge in [-0.25, -0.2) is 4.98 Å². The molecule has 0 atom stereocenters. The Morgan fingerprint density at radius 1 is 1.03 bits per heavy atom. The van der Waals surface area contributed by atoms with E-state index < -0.39 is 0 Å². The predicted molar refractivity (Wildman–Crippen MR) is 118 cm³/mol. The fraction of sp³-hybridized carbons (Fsp3) is 0.333. The first-order chi connectivity index (χ1) is 14.6. The van der Waals surface area contributed by atoms with Gasteiger partial charge in [0.2, 0.25) is 5.91 Å². The average molecular weight is 408 g/mol. The lowest BCUT2D eigenvalue weighted by molar-refractivity contribution is -0.116. The maximum Gasteiger partial charge on any atom is 0.224 e. The molecular formula is C24H29N3O3. The van der Waals surface area contributed by atoms with Gasteiger partial charge in [0.15, 0.2) is 0 Å². The number of benzene rings is 2. The standard InChI is InChI=1S/C24H29N3O3/c1-19-10-11-20(2)23(17-19)29-15-6-5-9-24(28)26-21-7-3-4-8-22(21)30-16-14-27-13-12-25-18-27/h3-4,7-8,10-13,17-18H,5-6,9,14-16H2,1-2H3,(H,26,28). The predicted octanol–water partition coefficient (Wildman–Crippen LogP) is 4.77. The molecule has 0 aliphatic heterocycles. The fourth-order valence-corrected chi connectivity index (χ4v) is 3.02. The van der Waals surface area contributed by atoms with E-state index in [0.29, 0.717) is 37.6 Å². The van der Waals surface area contributed by atoms with Crippen LogP contribution in [0.15, 0.2) is 61.2 Å². The van der Waals surface area contributed by atoms with Crippen LogP contribution in [0.1, 0.15) is 30.4 Å². The van der Waals surface area contributed by atoms with Crippen LogP contribution in [0.4, 0.5) is 5.69 Å². The van der Waals surface area contributed by atoms with Gasteiger partial charge in [-0.05, 0) is 56.0 Å². The second kappa shape index (κ2) is 11.0. The van der Waals surface area contributed by atoms with Crippen LogP contribution >= 0.6 is 0 Å². The van der Waals surface area contributed by atoms with E-state index in [4.69, 9.17) is 9.47 Å². The SMILES string of the molecule is Cc1ccc(C)c(OCCCCC(=O)Nc2ccccc2OCCn2ccnc2)c1. The van der Waals surface area contributed by atoms with Crippen molar-refractivity contribution in [1.82, 2.24) is 9.55 Å². The summed E-state index contributed by atoms with van der Waals surface area (Å²) in [6.07, 6.45) is 7.41. The molecule has 6 heteroatoms. The van der Waals surface area contributed by atoms with Gasteiger partial charge in [-0.3, -0.25) is 4.79 Å². The Labute approximate surface area is 177 Å². The highest BCUT2D eigenvalue weighted by Crippen LogP contribution is 2.24. The zero-order valence-electron chi connectivity index (χ0n) is 17.6. The van der Waals surface area contributed by atoms with E-state index in [1.807, 2.05) is 48.0 Å². The van der Waals surface area contributed by atoms with Crippen molar-refractivity contribution in [2.24, 2.45) is 0 Å². The van der Waals surface area contributed by atoms with Crippen molar-refractivity contribution in [1.29, 1.82) is 0 Å². The van der Waals surface area contributed by atoms with Crippen molar-refractivity contribution in [3.63, 3.8) is 0 Å². The zero-order chi connectivity index (χ0) is 21.2. The molecule has 6 nitrogen and oxygen atoms in total. The van der Waals surface area contributed by atoms with Crippen LogP contribution in [0.25, 0.3) is 0 Å². The van der Waals surface area contributed by atoms with E-state index >= 15 is 0 Å². The van der Waals surface area contributed by atoms with E-state index in [1.165, 1.54) is 5.56 Å². The molecule has 3 aromatic rings. The lowest BCUT2D eigenvalue weighted by atomic mass is 10.1. The Kier molecular flexibility index (Phi) is 7.89. The molecule has 0 fully saturated rings. The van der Waals surface area contributed by atoms with E-state index in [-0.39, 0.29) is 5.91 Å². The molecule has 0 bridgehead atoms. The topological polar surface area (TPSA) is 65.4 Å². The molecule has 2 aromatic carbocycles. The number of hydrogen-bond donors (Lipinski definition) is 1. The monoisotopic (exact) mass is 407 g/mol. The lowest BCUT2D eigenvalue weighted by Crippen LogP contribution is -2.14. The molecule has 0 spiro atoms. The Morgan fingerprint density at radius 3 is 2.70 bits per heavy atom. The highest BCUT2D eigenvalue weighted by Gasteiger charge is 2.08. The van der Waals surface area contributed by atoms with Gasteiger partial charge in [-0.15, -0.1) is 0 Å². The van der Waals surface area contributed by atoms with Gasteiger partial charge < -0.3 is 19.4 Å². The number of rotatable bonds is 11. The maximum absolute atomic E-state index is 12.3. The van der Waals surface area contributed by atoms with Crippen LogP contribution in [0.3, 0.4) is 0 Å². The number of para-hydroxylation sites is 2. The number of carbonyl (C=O) groups is 1. The second-order valence-corrected chi connectivity index (χ2v) is 7.27. The van der Waals surface area contributed by atoms with Crippen LogP contribution in [-0.2, 0) is 11.3 Å². The minimum atomic E-state index is -0.0209. The third kappa shape index (κ3) is 6.65. The highest BCUT2D eigenvalue weighted by atomic mass is 16.5. The average Bonchev–Trinajstić information content (AvgIpc) is 3.25. The Bertz CT molecular complexity index is 939. The molecule has 30 heavy (non-hydrogen) atoms. The van der Waals surface area contributed by atoms with Crippen molar-refractivity contribution in [3.8, 4) is 11.5 Å². The first-order valence-corrected chi connectivity index (χ1v) is 10.3. The zero-order valence-corrected chi connectivity index (χ0v) is 17.6. The summed E-state index contributed by atoms with van der Waals surface area (Å²) in [6.45, 7) is 5.89. The number of ether oxygens (including phenoxy) is 2. The van der Waals surface area contributed by atoms with Gasteiger partial charge in [0.05, 0.1) is 25.2 Å². The van der Waals surface area contributed by atoms with Crippen LogP contribution in [0, 0.1) is 13.8 Å². The molecular weight excluding hydrogens is 378 g/mol. The first kappa shape index (κ1) is 21.4. The number of nitrogens with one attached hydrogen (secondary N) is 1. The molecule has 1 amide bonds. The van der Waals surface area contributed by atoms with Gasteiger partial charge in [-0.2, -0.15) is 0 Å². The van der Waals surface area contributed by atoms with Crippen LogP contribution in [0.5, 0.6) is 11.5 Å². The van der Waals surface area contributed by atoms with Gasteiger partial charge >= 0.3 is 0 Å². The van der Waals surface area contributed by atoms with Gasteiger partial charge in [0.25, 0.3) is 0 Å². The number of hydrogen-bond acceptors (Lipinski definition) is 4. The number of carbonyl (C=O) groups excluding carboxylic acids is 1. The van der Waals surface area contributed by atoms with Crippen molar-refractivity contribution in [3.05, 3.63) is 72.3 Å². The minimum absolute atomic E-state index is 0.0209. The number of anilines is 1. The summed E-state index contributed by atoms with van der Waals surface area (Å²) >= 11 is 0. The second-order valence-electron chi connectivity index (χ2n) is 7.27. The molecule has 0 saturated carbocycles. The summed E-state index contributed by atoms with van der Waals surface area (Å²) in [5, 5.41) is 2.96. The summed E-state index contributed by atoms with van der Waals surface area (Å²) in [5.74, 6) is 1.57.